The third-order valence-corrected chi connectivity index (χ3v) is 7.04. The molecule has 0 unspecified atom stereocenters. The van der Waals surface area contributed by atoms with Gasteiger partial charge in [0.05, 0.1) is 5.56 Å². The lowest BCUT2D eigenvalue weighted by molar-refractivity contribution is 0.432. The lowest BCUT2D eigenvalue weighted by Gasteiger charge is -2.05. The number of hydrogen-bond acceptors (Lipinski definition) is 6. The SMILES string of the molecule is O=S(=O)(Nc1ccc(Cl)cc1)c1cc(-c2nc(-c3ccc(Cl)cc3)no2)cs1. The Labute approximate surface area is 174 Å². The second-order valence-electron chi connectivity index (χ2n) is 5.70. The number of rotatable bonds is 5. The Bertz CT molecular complexity index is 1220. The Kier molecular flexibility index (Phi) is 5.11. The van der Waals surface area contributed by atoms with Gasteiger partial charge in [0, 0.05) is 26.7 Å². The van der Waals surface area contributed by atoms with E-state index in [1.165, 1.54) is 6.07 Å². The Morgan fingerprint density at radius 2 is 1.57 bits per heavy atom. The zero-order valence-corrected chi connectivity index (χ0v) is 17.1. The molecular formula is C18H11Cl2N3O3S2. The topological polar surface area (TPSA) is 85.1 Å². The average Bonchev–Trinajstić information content (AvgIpc) is 3.33. The molecule has 0 amide bonds. The minimum absolute atomic E-state index is 0.128. The van der Waals surface area contributed by atoms with Gasteiger partial charge in [-0.05, 0) is 54.6 Å². The highest BCUT2D eigenvalue weighted by Gasteiger charge is 2.20. The first-order valence-electron chi connectivity index (χ1n) is 7.88. The third-order valence-electron chi connectivity index (χ3n) is 3.71. The standard InChI is InChI=1S/C18H11Cl2N3O3S2/c19-13-3-1-11(2-4-13)17-21-18(26-22-17)12-9-16(27-10-12)28(24,25)23-15-7-5-14(20)6-8-15/h1-10,23H. The molecule has 2 aromatic heterocycles. The Balaban J connectivity index is 1.57. The van der Waals surface area contributed by atoms with Crippen molar-refractivity contribution in [2.24, 2.45) is 0 Å². The van der Waals surface area contributed by atoms with Crippen LogP contribution in [0.4, 0.5) is 5.69 Å². The molecule has 0 aliphatic heterocycles. The summed E-state index contributed by atoms with van der Waals surface area (Å²) < 4.78 is 33.1. The molecule has 142 valence electrons. The minimum atomic E-state index is -3.74. The molecule has 10 heteroatoms. The fraction of sp³-hybridized carbons (Fsp3) is 0. The van der Waals surface area contributed by atoms with Crippen LogP contribution in [0.25, 0.3) is 22.8 Å². The van der Waals surface area contributed by atoms with Crippen molar-refractivity contribution in [3.63, 3.8) is 0 Å². The molecule has 0 atom stereocenters. The van der Waals surface area contributed by atoms with Crippen molar-refractivity contribution >= 4 is 50.2 Å². The van der Waals surface area contributed by atoms with Crippen molar-refractivity contribution in [3.05, 3.63) is 70.0 Å². The van der Waals surface area contributed by atoms with Crippen LogP contribution in [-0.2, 0) is 10.0 Å². The number of thiophene rings is 1. The van der Waals surface area contributed by atoms with Gasteiger partial charge in [0.1, 0.15) is 4.21 Å². The summed E-state index contributed by atoms with van der Waals surface area (Å²) >= 11 is 12.8. The van der Waals surface area contributed by atoms with E-state index in [1.807, 2.05) is 0 Å². The average molecular weight is 452 g/mol. The second-order valence-corrected chi connectivity index (χ2v) is 9.39. The van der Waals surface area contributed by atoms with Crippen LogP contribution < -0.4 is 4.72 Å². The Hall–Kier alpha value is -2.39. The van der Waals surface area contributed by atoms with Crippen LogP contribution in [0.15, 0.2) is 68.7 Å². The molecule has 2 aromatic carbocycles. The van der Waals surface area contributed by atoms with E-state index in [4.69, 9.17) is 27.7 Å². The van der Waals surface area contributed by atoms with Gasteiger partial charge in [0.25, 0.3) is 15.9 Å². The first-order chi connectivity index (χ1) is 13.4. The van der Waals surface area contributed by atoms with Crippen LogP contribution in [0.1, 0.15) is 0 Å². The van der Waals surface area contributed by atoms with Gasteiger partial charge in [-0.2, -0.15) is 4.98 Å². The fourth-order valence-electron chi connectivity index (χ4n) is 2.35. The van der Waals surface area contributed by atoms with Crippen LogP contribution >= 0.6 is 34.5 Å². The molecule has 0 spiro atoms. The number of halogens is 2. The molecule has 0 radical (unpaired) electrons. The number of hydrogen-bond donors (Lipinski definition) is 1. The summed E-state index contributed by atoms with van der Waals surface area (Å²) in [6.45, 7) is 0. The number of benzene rings is 2. The third kappa shape index (κ3) is 4.05. The van der Waals surface area contributed by atoms with E-state index in [-0.39, 0.29) is 10.1 Å². The number of nitrogens with one attached hydrogen (secondary N) is 1. The molecule has 0 bridgehead atoms. The maximum atomic E-state index is 12.6. The van der Waals surface area contributed by atoms with Gasteiger partial charge >= 0.3 is 0 Å². The summed E-state index contributed by atoms with van der Waals surface area (Å²) in [5.74, 6) is 0.621. The molecule has 6 nitrogen and oxygen atoms in total. The zero-order valence-electron chi connectivity index (χ0n) is 14.0. The monoisotopic (exact) mass is 451 g/mol. The molecule has 4 rings (SSSR count). The summed E-state index contributed by atoms with van der Waals surface area (Å²) in [5.41, 5.74) is 1.68. The summed E-state index contributed by atoms with van der Waals surface area (Å²) in [7, 11) is -3.74. The highest BCUT2D eigenvalue weighted by molar-refractivity contribution is 7.94. The van der Waals surface area contributed by atoms with E-state index in [1.54, 1.807) is 53.9 Å². The van der Waals surface area contributed by atoms with E-state index in [9.17, 15) is 8.42 Å². The molecule has 0 aliphatic rings. The van der Waals surface area contributed by atoms with E-state index in [2.05, 4.69) is 14.9 Å². The highest BCUT2D eigenvalue weighted by atomic mass is 35.5. The van der Waals surface area contributed by atoms with E-state index in [0.717, 1.165) is 16.9 Å². The van der Waals surface area contributed by atoms with Gasteiger partial charge in [-0.1, -0.05) is 28.4 Å². The summed E-state index contributed by atoms with van der Waals surface area (Å²) in [5, 5.41) is 6.71. The maximum absolute atomic E-state index is 12.6. The smallest absolute Gasteiger partial charge is 0.271 e. The van der Waals surface area contributed by atoms with Gasteiger partial charge in [0.2, 0.25) is 5.82 Å². The summed E-state index contributed by atoms with van der Waals surface area (Å²) in [4.78, 5) is 4.33. The molecule has 1 N–H and O–H groups in total. The lowest BCUT2D eigenvalue weighted by atomic mass is 10.2. The number of sulfonamides is 1. The van der Waals surface area contributed by atoms with Gasteiger partial charge in [-0.3, -0.25) is 4.72 Å². The molecule has 28 heavy (non-hydrogen) atoms. The Morgan fingerprint density at radius 1 is 0.929 bits per heavy atom. The molecule has 0 saturated carbocycles. The number of nitrogens with zero attached hydrogens (tertiary/aromatic N) is 2. The van der Waals surface area contributed by atoms with Crippen molar-refractivity contribution in [2.75, 3.05) is 4.72 Å². The molecule has 0 saturated heterocycles. The molecule has 0 aliphatic carbocycles. The predicted molar refractivity (Wildman–Crippen MR) is 110 cm³/mol. The minimum Gasteiger partial charge on any atom is -0.334 e. The lowest BCUT2D eigenvalue weighted by Crippen LogP contribution is -2.11. The van der Waals surface area contributed by atoms with Crippen molar-refractivity contribution in [1.29, 1.82) is 0 Å². The number of aromatic nitrogens is 2. The van der Waals surface area contributed by atoms with Gasteiger partial charge in [-0.15, -0.1) is 11.3 Å². The molecule has 0 fully saturated rings. The second kappa shape index (κ2) is 7.56. The highest BCUT2D eigenvalue weighted by Crippen LogP contribution is 2.30. The van der Waals surface area contributed by atoms with Crippen LogP contribution in [0.3, 0.4) is 0 Å². The largest absolute Gasteiger partial charge is 0.334 e. The van der Waals surface area contributed by atoms with Crippen LogP contribution in [-0.4, -0.2) is 18.6 Å². The number of anilines is 1. The summed E-state index contributed by atoms with van der Waals surface area (Å²) in [6.07, 6.45) is 0. The predicted octanol–water partition coefficient (Wildman–Crippen LogP) is 5.57. The van der Waals surface area contributed by atoms with Gasteiger partial charge in [-0.25, -0.2) is 8.42 Å². The maximum Gasteiger partial charge on any atom is 0.271 e. The van der Waals surface area contributed by atoms with Crippen LogP contribution in [0.5, 0.6) is 0 Å². The first kappa shape index (κ1) is 18.9. The van der Waals surface area contributed by atoms with E-state index in [0.29, 0.717) is 27.1 Å². The van der Waals surface area contributed by atoms with Crippen LogP contribution in [0, 0.1) is 0 Å². The van der Waals surface area contributed by atoms with Crippen molar-refractivity contribution in [1.82, 2.24) is 10.1 Å². The van der Waals surface area contributed by atoms with Gasteiger partial charge in [0.15, 0.2) is 0 Å². The first-order valence-corrected chi connectivity index (χ1v) is 11.0. The van der Waals surface area contributed by atoms with Crippen LogP contribution in [0.2, 0.25) is 10.0 Å². The zero-order chi connectivity index (χ0) is 19.7. The summed E-state index contributed by atoms with van der Waals surface area (Å²) in [6, 6.07) is 14.9. The molecular weight excluding hydrogens is 441 g/mol. The normalized spacial score (nSPS) is 11.5. The van der Waals surface area contributed by atoms with Gasteiger partial charge < -0.3 is 4.52 Å². The van der Waals surface area contributed by atoms with Crippen molar-refractivity contribution < 1.29 is 12.9 Å². The van der Waals surface area contributed by atoms with E-state index < -0.39 is 10.0 Å². The fourth-order valence-corrected chi connectivity index (χ4v) is 4.81. The quantitative estimate of drug-likeness (QED) is 0.428. The molecule has 4 aromatic rings. The Morgan fingerprint density at radius 3 is 2.25 bits per heavy atom. The van der Waals surface area contributed by atoms with Crippen molar-refractivity contribution in [2.45, 2.75) is 4.21 Å². The molecule has 2 heterocycles. The van der Waals surface area contributed by atoms with Crippen molar-refractivity contribution in [3.8, 4) is 22.8 Å². The van der Waals surface area contributed by atoms with E-state index >= 15 is 0 Å².